The minimum absolute atomic E-state index is 0.167. The van der Waals surface area contributed by atoms with Crippen molar-refractivity contribution in [3.05, 3.63) is 30.5 Å². The lowest BCUT2D eigenvalue weighted by Gasteiger charge is -2.31. The molecule has 0 radical (unpaired) electrons. The third-order valence-electron chi connectivity index (χ3n) is 4.15. The Kier molecular flexibility index (Phi) is 4.18. The molecule has 6 nitrogen and oxygen atoms in total. The van der Waals surface area contributed by atoms with Crippen molar-refractivity contribution < 1.29 is 4.79 Å². The number of amides is 1. The lowest BCUT2D eigenvalue weighted by atomic mass is 9.93. The van der Waals surface area contributed by atoms with Crippen LogP contribution in [0.15, 0.2) is 24.8 Å². The minimum Gasteiger partial charge on any atom is -0.343 e. The van der Waals surface area contributed by atoms with Gasteiger partial charge in [-0.3, -0.25) is 14.5 Å². The molecule has 1 amide bonds. The van der Waals surface area contributed by atoms with Gasteiger partial charge < -0.3 is 4.90 Å². The molecule has 1 atom stereocenters. The molecule has 1 aliphatic rings. The Bertz CT molecular complexity index is 666. The molecule has 0 aliphatic carbocycles. The second kappa shape index (κ2) is 6.25. The second-order valence-electron chi connectivity index (χ2n) is 5.98. The Morgan fingerprint density at radius 2 is 2.23 bits per heavy atom. The van der Waals surface area contributed by atoms with Gasteiger partial charge in [-0.05, 0) is 25.2 Å². The van der Waals surface area contributed by atoms with E-state index < -0.39 is 0 Å². The molecule has 0 unspecified atom stereocenters. The van der Waals surface area contributed by atoms with E-state index >= 15 is 0 Å². The standard InChI is InChI=1S/C16H21N5O/c1-12(22)21-5-3-4-13(10-21)6-15-8-17-9-16(19-15)14-7-18-20(2)11-14/h7-9,11,13H,3-6,10H2,1-2H3/t13-/m0/s1. The average molecular weight is 299 g/mol. The van der Waals surface area contributed by atoms with Crippen molar-refractivity contribution in [3.63, 3.8) is 0 Å². The number of hydrogen-bond acceptors (Lipinski definition) is 4. The average Bonchev–Trinajstić information content (AvgIpc) is 2.94. The highest BCUT2D eigenvalue weighted by atomic mass is 16.2. The molecule has 0 aromatic carbocycles. The smallest absolute Gasteiger partial charge is 0.219 e. The van der Waals surface area contributed by atoms with Crippen molar-refractivity contribution >= 4 is 5.91 Å². The fourth-order valence-electron chi connectivity index (χ4n) is 3.01. The Hall–Kier alpha value is -2.24. The van der Waals surface area contributed by atoms with Crippen LogP contribution < -0.4 is 0 Å². The molecule has 1 aliphatic heterocycles. The van der Waals surface area contributed by atoms with Crippen molar-refractivity contribution in [2.75, 3.05) is 13.1 Å². The fourth-order valence-corrected chi connectivity index (χ4v) is 3.01. The summed E-state index contributed by atoms with van der Waals surface area (Å²) in [5.74, 6) is 0.635. The van der Waals surface area contributed by atoms with Crippen molar-refractivity contribution in [2.24, 2.45) is 13.0 Å². The van der Waals surface area contributed by atoms with Gasteiger partial charge in [-0.2, -0.15) is 5.10 Å². The Labute approximate surface area is 130 Å². The summed E-state index contributed by atoms with van der Waals surface area (Å²) >= 11 is 0. The molecule has 2 aromatic rings. The summed E-state index contributed by atoms with van der Waals surface area (Å²) in [6.45, 7) is 3.35. The first-order valence-electron chi connectivity index (χ1n) is 7.67. The second-order valence-corrected chi connectivity index (χ2v) is 5.98. The monoisotopic (exact) mass is 299 g/mol. The van der Waals surface area contributed by atoms with Crippen LogP contribution >= 0.6 is 0 Å². The lowest BCUT2D eigenvalue weighted by Crippen LogP contribution is -2.39. The van der Waals surface area contributed by atoms with Gasteiger partial charge in [0.25, 0.3) is 0 Å². The van der Waals surface area contributed by atoms with Crippen molar-refractivity contribution in [1.82, 2.24) is 24.6 Å². The van der Waals surface area contributed by atoms with Crippen molar-refractivity contribution in [2.45, 2.75) is 26.2 Å². The normalized spacial score (nSPS) is 18.5. The number of nitrogens with zero attached hydrogens (tertiary/aromatic N) is 5. The Morgan fingerprint density at radius 3 is 2.95 bits per heavy atom. The zero-order valence-electron chi connectivity index (χ0n) is 13.1. The van der Waals surface area contributed by atoms with E-state index in [0.717, 1.165) is 49.3 Å². The number of carbonyl (C=O) groups excluding carboxylic acids is 1. The highest BCUT2D eigenvalue weighted by Crippen LogP contribution is 2.21. The van der Waals surface area contributed by atoms with Crippen LogP contribution in [0.1, 0.15) is 25.5 Å². The first-order valence-corrected chi connectivity index (χ1v) is 7.67. The molecule has 3 rings (SSSR count). The van der Waals surface area contributed by atoms with Crippen LogP contribution in [0.25, 0.3) is 11.3 Å². The maximum absolute atomic E-state index is 11.5. The minimum atomic E-state index is 0.167. The summed E-state index contributed by atoms with van der Waals surface area (Å²) < 4.78 is 1.76. The van der Waals surface area contributed by atoms with Gasteiger partial charge in [-0.25, -0.2) is 4.98 Å². The fraction of sp³-hybridized carbons (Fsp3) is 0.500. The Morgan fingerprint density at radius 1 is 1.36 bits per heavy atom. The quantitative estimate of drug-likeness (QED) is 0.865. The topological polar surface area (TPSA) is 63.9 Å². The van der Waals surface area contributed by atoms with E-state index in [9.17, 15) is 4.79 Å². The predicted molar refractivity (Wildman–Crippen MR) is 82.9 cm³/mol. The number of aryl methyl sites for hydroxylation is 1. The maximum Gasteiger partial charge on any atom is 0.219 e. The molecule has 116 valence electrons. The summed E-state index contributed by atoms with van der Waals surface area (Å²) in [5.41, 5.74) is 2.81. The number of piperidine rings is 1. The van der Waals surface area contributed by atoms with Crippen molar-refractivity contribution in [3.8, 4) is 11.3 Å². The van der Waals surface area contributed by atoms with E-state index in [2.05, 4.69) is 10.1 Å². The molecule has 0 saturated carbocycles. The summed E-state index contributed by atoms with van der Waals surface area (Å²) in [4.78, 5) is 22.5. The van der Waals surface area contributed by atoms with Gasteiger partial charge >= 0.3 is 0 Å². The zero-order chi connectivity index (χ0) is 15.5. The molecule has 0 bridgehead atoms. The van der Waals surface area contributed by atoms with Gasteiger partial charge in [0, 0.05) is 45.0 Å². The maximum atomic E-state index is 11.5. The summed E-state index contributed by atoms with van der Waals surface area (Å²) in [6.07, 6.45) is 10.4. The SMILES string of the molecule is CC(=O)N1CCC[C@@H](Cc2cncc(-c3cnn(C)c3)n2)C1. The highest BCUT2D eigenvalue weighted by Gasteiger charge is 2.22. The molecule has 0 spiro atoms. The summed E-state index contributed by atoms with van der Waals surface area (Å²) in [6, 6.07) is 0. The molecular formula is C16H21N5O. The number of aromatic nitrogens is 4. The number of carbonyl (C=O) groups is 1. The highest BCUT2D eigenvalue weighted by molar-refractivity contribution is 5.73. The molecule has 22 heavy (non-hydrogen) atoms. The van der Waals surface area contributed by atoms with Gasteiger partial charge in [-0.1, -0.05) is 0 Å². The Balaban J connectivity index is 1.71. The first-order chi connectivity index (χ1) is 10.6. The summed E-state index contributed by atoms with van der Waals surface area (Å²) in [5, 5.41) is 4.17. The van der Waals surface area contributed by atoms with Crippen LogP contribution in [0.2, 0.25) is 0 Å². The third-order valence-corrected chi connectivity index (χ3v) is 4.15. The number of likely N-dealkylation sites (tertiary alicyclic amines) is 1. The van der Waals surface area contributed by atoms with Gasteiger partial charge in [0.05, 0.1) is 23.8 Å². The van der Waals surface area contributed by atoms with E-state index in [1.165, 1.54) is 0 Å². The van der Waals surface area contributed by atoms with Crippen LogP contribution in [-0.4, -0.2) is 43.6 Å². The predicted octanol–water partition coefficient (Wildman–Crippen LogP) is 1.68. The lowest BCUT2D eigenvalue weighted by molar-refractivity contribution is -0.130. The molecule has 1 saturated heterocycles. The molecule has 0 N–H and O–H groups in total. The van der Waals surface area contributed by atoms with E-state index in [-0.39, 0.29) is 5.91 Å². The molecule has 1 fully saturated rings. The molecule has 6 heteroatoms. The zero-order valence-corrected chi connectivity index (χ0v) is 13.1. The van der Waals surface area contributed by atoms with Gasteiger partial charge in [0.15, 0.2) is 0 Å². The van der Waals surface area contributed by atoms with Crippen LogP contribution in [-0.2, 0) is 18.3 Å². The number of rotatable bonds is 3. The van der Waals surface area contributed by atoms with E-state index in [1.807, 2.05) is 24.3 Å². The van der Waals surface area contributed by atoms with Crippen LogP contribution in [0, 0.1) is 5.92 Å². The molecular weight excluding hydrogens is 278 g/mol. The van der Waals surface area contributed by atoms with E-state index in [4.69, 9.17) is 4.98 Å². The van der Waals surface area contributed by atoms with E-state index in [0.29, 0.717) is 5.92 Å². The van der Waals surface area contributed by atoms with Crippen LogP contribution in [0.3, 0.4) is 0 Å². The van der Waals surface area contributed by atoms with E-state index in [1.54, 1.807) is 24.0 Å². The first kappa shape index (κ1) is 14.7. The van der Waals surface area contributed by atoms with Crippen LogP contribution in [0.5, 0.6) is 0 Å². The molecule has 3 heterocycles. The van der Waals surface area contributed by atoms with Crippen LogP contribution in [0.4, 0.5) is 0 Å². The van der Waals surface area contributed by atoms with Gasteiger partial charge in [0.1, 0.15) is 0 Å². The van der Waals surface area contributed by atoms with Gasteiger partial charge in [-0.15, -0.1) is 0 Å². The summed E-state index contributed by atoms with van der Waals surface area (Å²) in [7, 11) is 1.89. The van der Waals surface area contributed by atoms with Gasteiger partial charge in [0.2, 0.25) is 5.91 Å². The third kappa shape index (κ3) is 3.32. The molecule has 2 aromatic heterocycles. The van der Waals surface area contributed by atoms with Crippen molar-refractivity contribution in [1.29, 1.82) is 0 Å². The number of hydrogen-bond donors (Lipinski definition) is 0. The largest absolute Gasteiger partial charge is 0.343 e.